The third kappa shape index (κ3) is 6.96. The van der Waals surface area contributed by atoms with Gasteiger partial charge >= 0.3 is 0 Å². The molecule has 0 heterocycles. The molecule has 1 atom stereocenters. The molecule has 1 unspecified atom stereocenters. The minimum atomic E-state index is 0.756. The monoisotopic (exact) mass is 292 g/mol. The largest absolute Gasteiger partial charge is 0.492 e. The van der Waals surface area contributed by atoms with E-state index in [-0.39, 0.29) is 0 Å². The lowest BCUT2D eigenvalue weighted by atomic mass is 10.1. The van der Waals surface area contributed by atoms with Gasteiger partial charge in [0, 0.05) is 25.2 Å². The number of hydrogen-bond donors (Lipinski definition) is 1. The van der Waals surface area contributed by atoms with E-state index in [2.05, 4.69) is 56.1 Å². The van der Waals surface area contributed by atoms with E-state index in [1.807, 2.05) is 6.07 Å². The summed E-state index contributed by atoms with van der Waals surface area (Å²) >= 11 is 0. The lowest BCUT2D eigenvalue weighted by Gasteiger charge is -2.24. The van der Waals surface area contributed by atoms with Crippen LogP contribution in [0.5, 0.6) is 5.75 Å². The van der Waals surface area contributed by atoms with Gasteiger partial charge in [-0.3, -0.25) is 4.90 Å². The van der Waals surface area contributed by atoms with Crippen LogP contribution >= 0.6 is 0 Å². The van der Waals surface area contributed by atoms with E-state index in [0.717, 1.165) is 51.0 Å². The highest BCUT2D eigenvalue weighted by molar-refractivity contribution is 5.33. The lowest BCUT2D eigenvalue weighted by Crippen LogP contribution is -2.32. The molecule has 0 spiro atoms. The number of nitrogens with one attached hydrogen (secondary N) is 1. The summed E-state index contributed by atoms with van der Waals surface area (Å²) in [6.45, 7) is 14.8. The molecule has 120 valence electrons. The van der Waals surface area contributed by atoms with Gasteiger partial charge in [0.1, 0.15) is 12.4 Å². The Bertz CT molecular complexity index is 381. The SMILES string of the molecule is CCNCc1ccccc1OCCN(CC)CC(C)CC. The predicted octanol–water partition coefficient (Wildman–Crippen LogP) is 3.54. The summed E-state index contributed by atoms with van der Waals surface area (Å²) in [6, 6.07) is 8.31. The first-order valence-electron chi connectivity index (χ1n) is 8.34. The van der Waals surface area contributed by atoms with E-state index in [0.29, 0.717) is 0 Å². The molecule has 0 aromatic heterocycles. The molecule has 3 heteroatoms. The van der Waals surface area contributed by atoms with E-state index in [4.69, 9.17) is 4.74 Å². The number of benzene rings is 1. The molecule has 0 saturated heterocycles. The average Bonchev–Trinajstić information content (AvgIpc) is 2.52. The fourth-order valence-corrected chi connectivity index (χ4v) is 2.28. The molecule has 0 aliphatic rings. The van der Waals surface area contributed by atoms with Gasteiger partial charge in [0.15, 0.2) is 0 Å². The quantitative estimate of drug-likeness (QED) is 0.675. The highest BCUT2D eigenvalue weighted by Gasteiger charge is 2.08. The maximum atomic E-state index is 6.00. The van der Waals surface area contributed by atoms with Crippen molar-refractivity contribution in [2.75, 3.05) is 32.8 Å². The zero-order valence-electron chi connectivity index (χ0n) is 14.2. The maximum absolute atomic E-state index is 6.00. The maximum Gasteiger partial charge on any atom is 0.123 e. The molecule has 0 aliphatic heterocycles. The topological polar surface area (TPSA) is 24.5 Å². The molecule has 1 aromatic carbocycles. The fourth-order valence-electron chi connectivity index (χ4n) is 2.28. The van der Waals surface area contributed by atoms with Crippen LogP contribution < -0.4 is 10.1 Å². The Labute approximate surface area is 130 Å². The summed E-state index contributed by atoms with van der Waals surface area (Å²) < 4.78 is 6.00. The highest BCUT2D eigenvalue weighted by atomic mass is 16.5. The Morgan fingerprint density at radius 3 is 2.62 bits per heavy atom. The smallest absolute Gasteiger partial charge is 0.123 e. The third-order valence-corrected chi connectivity index (χ3v) is 3.92. The molecule has 21 heavy (non-hydrogen) atoms. The average molecular weight is 292 g/mol. The number of ether oxygens (including phenoxy) is 1. The molecule has 0 bridgehead atoms. The van der Waals surface area contributed by atoms with Gasteiger partial charge in [-0.05, 0) is 25.1 Å². The van der Waals surface area contributed by atoms with Crippen molar-refractivity contribution in [3.63, 3.8) is 0 Å². The zero-order valence-corrected chi connectivity index (χ0v) is 14.2. The van der Waals surface area contributed by atoms with Gasteiger partial charge in [0.2, 0.25) is 0 Å². The van der Waals surface area contributed by atoms with Crippen molar-refractivity contribution in [3.8, 4) is 5.75 Å². The number of rotatable bonds is 11. The second kappa shape index (κ2) is 10.6. The fraction of sp³-hybridized carbons (Fsp3) is 0.667. The summed E-state index contributed by atoms with van der Waals surface area (Å²) in [4.78, 5) is 2.47. The minimum Gasteiger partial charge on any atom is -0.492 e. The first-order valence-corrected chi connectivity index (χ1v) is 8.34. The molecule has 1 rings (SSSR count). The van der Waals surface area contributed by atoms with Crippen molar-refractivity contribution in [1.82, 2.24) is 10.2 Å². The van der Waals surface area contributed by atoms with Gasteiger partial charge in [0.25, 0.3) is 0 Å². The van der Waals surface area contributed by atoms with Gasteiger partial charge in [-0.2, -0.15) is 0 Å². The second-order valence-corrected chi connectivity index (χ2v) is 5.64. The van der Waals surface area contributed by atoms with E-state index in [1.165, 1.54) is 12.0 Å². The van der Waals surface area contributed by atoms with Crippen molar-refractivity contribution < 1.29 is 4.74 Å². The van der Waals surface area contributed by atoms with Crippen molar-refractivity contribution in [1.29, 1.82) is 0 Å². The van der Waals surface area contributed by atoms with Crippen LogP contribution in [0.2, 0.25) is 0 Å². The molecule has 1 aromatic rings. The zero-order chi connectivity index (χ0) is 15.5. The van der Waals surface area contributed by atoms with Crippen molar-refractivity contribution >= 4 is 0 Å². The molecular weight excluding hydrogens is 260 g/mol. The van der Waals surface area contributed by atoms with Crippen molar-refractivity contribution in [3.05, 3.63) is 29.8 Å². The van der Waals surface area contributed by atoms with Crippen molar-refractivity contribution in [2.45, 2.75) is 40.7 Å². The third-order valence-electron chi connectivity index (χ3n) is 3.92. The van der Waals surface area contributed by atoms with Crippen LogP contribution in [-0.2, 0) is 6.54 Å². The Morgan fingerprint density at radius 2 is 1.95 bits per heavy atom. The van der Waals surface area contributed by atoms with Crippen LogP contribution in [0.3, 0.4) is 0 Å². The normalized spacial score (nSPS) is 12.6. The van der Waals surface area contributed by atoms with Gasteiger partial charge < -0.3 is 10.1 Å². The Balaban J connectivity index is 2.43. The molecule has 1 N–H and O–H groups in total. The van der Waals surface area contributed by atoms with Crippen molar-refractivity contribution in [2.24, 2.45) is 5.92 Å². The Morgan fingerprint density at radius 1 is 1.19 bits per heavy atom. The highest BCUT2D eigenvalue weighted by Crippen LogP contribution is 2.17. The van der Waals surface area contributed by atoms with E-state index in [9.17, 15) is 0 Å². The second-order valence-electron chi connectivity index (χ2n) is 5.64. The molecule has 0 aliphatic carbocycles. The molecule has 0 saturated carbocycles. The standard InChI is InChI=1S/C18H32N2O/c1-5-16(4)15-20(7-3)12-13-21-18-11-9-8-10-17(18)14-19-6-2/h8-11,16,19H,5-7,12-15H2,1-4H3. The Hall–Kier alpha value is -1.06. The van der Waals surface area contributed by atoms with E-state index in [1.54, 1.807) is 0 Å². The summed E-state index contributed by atoms with van der Waals surface area (Å²) in [7, 11) is 0. The summed E-state index contributed by atoms with van der Waals surface area (Å²) in [6.07, 6.45) is 1.24. The first-order chi connectivity index (χ1) is 10.2. The Kier molecular flexibility index (Phi) is 9.11. The van der Waals surface area contributed by atoms with Gasteiger partial charge in [-0.15, -0.1) is 0 Å². The predicted molar refractivity (Wildman–Crippen MR) is 90.9 cm³/mol. The van der Waals surface area contributed by atoms with Gasteiger partial charge in [0.05, 0.1) is 0 Å². The minimum absolute atomic E-state index is 0.756. The van der Waals surface area contributed by atoms with Crippen LogP contribution in [0.1, 0.15) is 39.7 Å². The summed E-state index contributed by atoms with van der Waals surface area (Å²) in [5, 5.41) is 3.36. The molecule has 0 radical (unpaired) electrons. The lowest BCUT2D eigenvalue weighted by molar-refractivity contribution is 0.194. The molecule has 0 fully saturated rings. The molecule has 0 amide bonds. The van der Waals surface area contributed by atoms with Gasteiger partial charge in [-0.1, -0.05) is 52.3 Å². The number of hydrogen-bond acceptors (Lipinski definition) is 3. The van der Waals surface area contributed by atoms with E-state index >= 15 is 0 Å². The van der Waals surface area contributed by atoms with Crippen LogP contribution in [0.25, 0.3) is 0 Å². The summed E-state index contributed by atoms with van der Waals surface area (Å²) in [5.74, 6) is 1.77. The molecular formula is C18H32N2O. The molecule has 3 nitrogen and oxygen atoms in total. The van der Waals surface area contributed by atoms with Crippen LogP contribution in [0.4, 0.5) is 0 Å². The number of nitrogens with zero attached hydrogens (tertiary/aromatic N) is 1. The summed E-state index contributed by atoms with van der Waals surface area (Å²) in [5.41, 5.74) is 1.24. The number of likely N-dealkylation sites (N-methyl/N-ethyl adjacent to an activating group) is 1. The number of para-hydroxylation sites is 1. The first kappa shape index (κ1) is 18.0. The van der Waals surface area contributed by atoms with Gasteiger partial charge in [-0.25, -0.2) is 0 Å². The van der Waals surface area contributed by atoms with Crippen LogP contribution in [0, 0.1) is 5.92 Å². The van der Waals surface area contributed by atoms with Crippen LogP contribution in [-0.4, -0.2) is 37.7 Å². The van der Waals surface area contributed by atoms with Crippen LogP contribution in [0.15, 0.2) is 24.3 Å². The van der Waals surface area contributed by atoms with E-state index < -0.39 is 0 Å².